The number of benzene rings is 2. The molecule has 2 aromatic carbocycles. The molecule has 0 saturated carbocycles. The fourth-order valence-electron chi connectivity index (χ4n) is 4.35. The Bertz CT molecular complexity index is 997. The average molecular weight is 334 g/mol. The summed E-state index contributed by atoms with van der Waals surface area (Å²) in [6, 6.07) is 11.4. The number of hydrogen-bond acceptors (Lipinski definition) is 2. The summed E-state index contributed by atoms with van der Waals surface area (Å²) in [4.78, 5) is 10.6. The van der Waals surface area contributed by atoms with Crippen LogP contribution >= 0.6 is 0 Å². The molecular weight excluding hydrogens is 312 g/mol. The normalized spacial score (nSPS) is 18.5. The summed E-state index contributed by atoms with van der Waals surface area (Å²) in [7, 11) is 0. The zero-order valence-corrected chi connectivity index (χ0v) is 15.0. The van der Waals surface area contributed by atoms with Crippen LogP contribution in [0.3, 0.4) is 0 Å². The van der Waals surface area contributed by atoms with Gasteiger partial charge in [0.25, 0.3) is 5.69 Å². The van der Waals surface area contributed by atoms with Crippen molar-refractivity contribution in [1.82, 2.24) is 4.57 Å². The monoisotopic (exact) mass is 334 g/mol. The fraction of sp³-hybridized carbons (Fsp3) is 0.333. The van der Waals surface area contributed by atoms with Gasteiger partial charge in [-0.3, -0.25) is 10.1 Å². The first-order valence-electron chi connectivity index (χ1n) is 8.69. The van der Waals surface area contributed by atoms with Crippen molar-refractivity contribution in [2.45, 2.75) is 45.6 Å². The van der Waals surface area contributed by atoms with Crippen LogP contribution in [0.25, 0.3) is 22.0 Å². The lowest BCUT2D eigenvalue weighted by Crippen LogP contribution is -2.31. The van der Waals surface area contributed by atoms with E-state index in [0.29, 0.717) is 5.92 Å². The molecule has 4 rings (SSSR count). The van der Waals surface area contributed by atoms with Gasteiger partial charge in [-0.1, -0.05) is 18.6 Å². The second kappa shape index (κ2) is 5.19. The standard InChI is InChI=1S/C21H22N2O2/c1-13-9-17-14(2)11-21(3,4)22-12-19(18(10-13)20(17)22)15-5-7-16(8-6-15)23(24)25/h5-10,12,14H,11H2,1-4H3/t14-/m1/s1. The van der Waals surface area contributed by atoms with Crippen molar-refractivity contribution in [2.24, 2.45) is 0 Å². The van der Waals surface area contributed by atoms with Crippen molar-refractivity contribution >= 4 is 16.6 Å². The minimum atomic E-state index is -0.353. The summed E-state index contributed by atoms with van der Waals surface area (Å²) in [6.45, 7) is 9.01. The molecule has 0 N–H and O–H groups in total. The van der Waals surface area contributed by atoms with E-state index in [0.717, 1.165) is 17.5 Å². The highest BCUT2D eigenvalue weighted by molar-refractivity contribution is 5.99. The van der Waals surface area contributed by atoms with Gasteiger partial charge in [0.15, 0.2) is 0 Å². The van der Waals surface area contributed by atoms with Crippen LogP contribution in [-0.4, -0.2) is 9.49 Å². The summed E-state index contributed by atoms with van der Waals surface area (Å²) in [5, 5.41) is 12.2. The largest absolute Gasteiger partial charge is 0.341 e. The Morgan fingerprint density at radius 2 is 1.88 bits per heavy atom. The molecule has 0 aliphatic carbocycles. The molecule has 1 aliphatic heterocycles. The van der Waals surface area contributed by atoms with Gasteiger partial charge in [0.1, 0.15) is 0 Å². The molecule has 2 heterocycles. The maximum Gasteiger partial charge on any atom is 0.269 e. The molecule has 128 valence electrons. The van der Waals surface area contributed by atoms with Crippen molar-refractivity contribution in [3.8, 4) is 11.1 Å². The number of nitrogens with zero attached hydrogens (tertiary/aromatic N) is 2. The molecule has 0 bridgehead atoms. The third-order valence-corrected chi connectivity index (χ3v) is 5.45. The number of aryl methyl sites for hydroxylation is 1. The summed E-state index contributed by atoms with van der Waals surface area (Å²) >= 11 is 0. The van der Waals surface area contributed by atoms with Crippen molar-refractivity contribution in [3.63, 3.8) is 0 Å². The zero-order chi connectivity index (χ0) is 17.9. The number of non-ortho nitro benzene ring substituents is 1. The first-order valence-corrected chi connectivity index (χ1v) is 8.69. The van der Waals surface area contributed by atoms with Gasteiger partial charge in [-0.25, -0.2) is 0 Å². The van der Waals surface area contributed by atoms with Crippen molar-refractivity contribution < 1.29 is 4.92 Å². The number of nitro benzene ring substituents is 1. The van der Waals surface area contributed by atoms with Crippen LogP contribution in [-0.2, 0) is 5.54 Å². The SMILES string of the molecule is Cc1cc2c3c(c1)c(-c1ccc([N+](=O)[O-])cc1)cn3C(C)(C)C[C@H]2C. The Hall–Kier alpha value is -2.62. The Morgan fingerprint density at radius 1 is 1.20 bits per heavy atom. The van der Waals surface area contributed by atoms with Gasteiger partial charge in [0.2, 0.25) is 0 Å². The Morgan fingerprint density at radius 3 is 2.52 bits per heavy atom. The van der Waals surface area contributed by atoms with E-state index in [9.17, 15) is 10.1 Å². The van der Waals surface area contributed by atoms with E-state index in [2.05, 4.69) is 50.6 Å². The maximum atomic E-state index is 10.9. The highest BCUT2D eigenvalue weighted by Crippen LogP contribution is 2.45. The molecule has 0 fully saturated rings. The van der Waals surface area contributed by atoms with Crippen LogP contribution in [0.5, 0.6) is 0 Å². The van der Waals surface area contributed by atoms with Crippen LogP contribution in [0.1, 0.15) is 44.2 Å². The average Bonchev–Trinajstić information content (AvgIpc) is 2.93. The number of hydrogen-bond donors (Lipinski definition) is 0. The lowest BCUT2D eigenvalue weighted by atomic mass is 9.82. The van der Waals surface area contributed by atoms with E-state index in [1.165, 1.54) is 22.0 Å². The molecule has 25 heavy (non-hydrogen) atoms. The zero-order valence-electron chi connectivity index (χ0n) is 15.0. The van der Waals surface area contributed by atoms with Gasteiger partial charge in [-0.2, -0.15) is 0 Å². The van der Waals surface area contributed by atoms with Gasteiger partial charge in [0.05, 0.1) is 10.4 Å². The van der Waals surface area contributed by atoms with E-state index >= 15 is 0 Å². The van der Waals surface area contributed by atoms with Crippen LogP contribution in [0.2, 0.25) is 0 Å². The number of nitro groups is 1. The Kier molecular flexibility index (Phi) is 3.29. The summed E-state index contributed by atoms with van der Waals surface area (Å²) in [5.74, 6) is 0.518. The molecule has 0 spiro atoms. The molecule has 1 aliphatic rings. The van der Waals surface area contributed by atoms with E-state index in [1.807, 2.05) is 12.1 Å². The minimum Gasteiger partial charge on any atom is -0.341 e. The number of aromatic nitrogens is 1. The van der Waals surface area contributed by atoms with Crippen LogP contribution in [0.4, 0.5) is 5.69 Å². The van der Waals surface area contributed by atoms with E-state index in [4.69, 9.17) is 0 Å². The van der Waals surface area contributed by atoms with Crippen molar-refractivity contribution in [2.75, 3.05) is 0 Å². The number of rotatable bonds is 2. The Balaban J connectivity index is 2.01. The smallest absolute Gasteiger partial charge is 0.269 e. The summed E-state index contributed by atoms with van der Waals surface area (Å²) in [5.41, 5.74) is 6.33. The molecule has 0 unspecified atom stereocenters. The van der Waals surface area contributed by atoms with Gasteiger partial charge in [-0.05, 0) is 62.4 Å². The second-order valence-electron chi connectivity index (χ2n) is 7.88. The quantitative estimate of drug-likeness (QED) is 0.441. The first kappa shape index (κ1) is 15.9. The lowest BCUT2D eigenvalue weighted by Gasteiger charge is -2.36. The molecule has 3 aromatic rings. The molecule has 0 saturated heterocycles. The molecule has 4 nitrogen and oxygen atoms in total. The van der Waals surface area contributed by atoms with E-state index < -0.39 is 0 Å². The van der Waals surface area contributed by atoms with Gasteiger partial charge >= 0.3 is 0 Å². The first-order chi connectivity index (χ1) is 11.8. The van der Waals surface area contributed by atoms with Crippen LogP contribution in [0, 0.1) is 17.0 Å². The molecule has 1 aromatic heterocycles. The van der Waals surface area contributed by atoms with Gasteiger partial charge in [0, 0.05) is 34.8 Å². The third-order valence-electron chi connectivity index (χ3n) is 5.45. The topological polar surface area (TPSA) is 48.1 Å². The highest BCUT2D eigenvalue weighted by atomic mass is 16.6. The predicted molar refractivity (Wildman–Crippen MR) is 101 cm³/mol. The van der Waals surface area contributed by atoms with E-state index in [1.54, 1.807) is 12.1 Å². The molecule has 0 radical (unpaired) electrons. The second-order valence-corrected chi connectivity index (χ2v) is 7.88. The van der Waals surface area contributed by atoms with Crippen LogP contribution in [0.15, 0.2) is 42.6 Å². The molecule has 4 heteroatoms. The minimum absolute atomic E-state index is 0.0545. The van der Waals surface area contributed by atoms with Crippen LogP contribution < -0.4 is 0 Å². The van der Waals surface area contributed by atoms with Crippen molar-refractivity contribution in [1.29, 1.82) is 0 Å². The molecular formula is C21H22N2O2. The van der Waals surface area contributed by atoms with Gasteiger partial charge < -0.3 is 4.57 Å². The van der Waals surface area contributed by atoms with Crippen molar-refractivity contribution in [3.05, 3.63) is 63.8 Å². The lowest BCUT2D eigenvalue weighted by molar-refractivity contribution is -0.384. The predicted octanol–water partition coefficient (Wildman–Crippen LogP) is 5.77. The third kappa shape index (κ3) is 2.36. The fourth-order valence-corrected chi connectivity index (χ4v) is 4.35. The van der Waals surface area contributed by atoms with E-state index in [-0.39, 0.29) is 16.1 Å². The summed E-state index contributed by atoms with van der Waals surface area (Å²) in [6.07, 6.45) is 3.33. The van der Waals surface area contributed by atoms with Gasteiger partial charge in [-0.15, -0.1) is 0 Å². The molecule has 0 amide bonds. The highest BCUT2D eigenvalue weighted by Gasteiger charge is 2.33. The Labute approximate surface area is 147 Å². The summed E-state index contributed by atoms with van der Waals surface area (Å²) < 4.78 is 2.40. The maximum absolute atomic E-state index is 10.9. The molecule has 1 atom stereocenters.